The molecule has 1 aliphatic carbocycles. The topological polar surface area (TPSA) is 87.2 Å². The first kappa shape index (κ1) is 27.3. The lowest BCUT2D eigenvalue weighted by molar-refractivity contribution is -0.155. The first-order valence-corrected chi connectivity index (χ1v) is 14.2. The van der Waals surface area contributed by atoms with Crippen LogP contribution in [0.15, 0.2) is 109 Å². The van der Waals surface area contributed by atoms with Gasteiger partial charge in [0, 0.05) is 31.8 Å². The zero-order valence-corrected chi connectivity index (χ0v) is 23.1. The van der Waals surface area contributed by atoms with Gasteiger partial charge in [-0.1, -0.05) is 109 Å². The molecule has 1 fully saturated rings. The van der Waals surface area contributed by atoms with Gasteiger partial charge < -0.3 is 14.7 Å². The van der Waals surface area contributed by atoms with Crippen molar-refractivity contribution in [2.45, 2.75) is 30.8 Å². The molecule has 0 saturated carbocycles. The molecule has 2 aliphatic rings. The fraction of sp³-hybridized carbons (Fsp3) is 0.229. The second-order valence-corrected chi connectivity index (χ2v) is 10.8. The number of carboxylic acids is 1. The third kappa shape index (κ3) is 5.38. The number of hydrogen-bond donors (Lipinski definition) is 1. The number of nitrogens with zero attached hydrogens (tertiary/aromatic N) is 2. The zero-order chi connectivity index (χ0) is 29.1. The molecule has 4 aromatic rings. The van der Waals surface area contributed by atoms with Gasteiger partial charge in [0.1, 0.15) is 18.7 Å². The number of amides is 2. The summed E-state index contributed by atoms with van der Waals surface area (Å²) in [4.78, 5) is 42.9. The molecule has 1 aliphatic heterocycles. The van der Waals surface area contributed by atoms with Gasteiger partial charge in [0.05, 0.1) is 0 Å². The Morgan fingerprint density at radius 3 is 1.90 bits per heavy atom. The van der Waals surface area contributed by atoms with E-state index in [0.29, 0.717) is 0 Å². The number of benzene rings is 4. The maximum Gasteiger partial charge on any atom is 0.410 e. The zero-order valence-electron chi connectivity index (χ0n) is 23.1. The molecule has 0 bridgehead atoms. The smallest absolute Gasteiger partial charge is 0.410 e. The normalized spacial score (nSPS) is 17.0. The second-order valence-electron chi connectivity index (χ2n) is 10.8. The standard InChI is InChI=1S/C35H32N2O5/c38-33-31(21-24-11-3-1-4-12-24)37(20-19-36(33)32(34(39)40)22-25-13-5-2-6-14-25)35(41)42-23-30-28-17-9-7-15-26(28)27-16-8-10-18-29(27)30/h1-18,30-32H,19-23H2,(H,39,40)/t31-,32-/m0/s1. The summed E-state index contributed by atoms with van der Waals surface area (Å²) in [6.07, 6.45) is -0.121. The molecule has 42 heavy (non-hydrogen) atoms. The monoisotopic (exact) mass is 560 g/mol. The summed E-state index contributed by atoms with van der Waals surface area (Å²) in [5, 5.41) is 10.1. The Morgan fingerprint density at radius 2 is 1.31 bits per heavy atom. The number of rotatable bonds is 8. The van der Waals surface area contributed by atoms with Crippen LogP contribution >= 0.6 is 0 Å². The average Bonchev–Trinajstić information content (AvgIpc) is 3.34. The van der Waals surface area contributed by atoms with Crippen molar-refractivity contribution >= 4 is 18.0 Å². The van der Waals surface area contributed by atoms with Crippen molar-refractivity contribution in [1.29, 1.82) is 0 Å². The van der Waals surface area contributed by atoms with Crippen LogP contribution in [0.1, 0.15) is 28.2 Å². The Hall–Kier alpha value is -4.91. The number of carbonyl (C=O) groups is 3. The lowest BCUT2D eigenvalue weighted by Crippen LogP contribution is -2.63. The Kier molecular flexibility index (Phi) is 7.73. The fourth-order valence-corrected chi connectivity index (χ4v) is 6.21. The minimum absolute atomic E-state index is 0.104. The van der Waals surface area contributed by atoms with Gasteiger partial charge in [0.25, 0.3) is 0 Å². The third-order valence-corrected chi connectivity index (χ3v) is 8.30. The van der Waals surface area contributed by atoms with E-state index >= 15 is 0 Å². The second kappa shape index (κ2) is 11.9. The van der Waals surface area contributed by atoms with E-state index < -0.39 is 24.1 Å². The SMILES string of the molecule is O=C(O)[C@H](Cc1ccccc1)N1CCN(C(=O)OCC2c3ccccc3-c3ccccc32)[C@@H](Cc2ccccc2)C1=O. The molecule has 7 heteroatoms. The summed E-state index contributed by atoms with van der Waals surface area (Å²) in [6, 6.07) is 33.1. The first-order chi connectivity index (χ1) is 20.5. The summed E-state index contributed by atoms with van der Waals surface area (Å²) >= 11 is 0. The third-order valence-electron chi connectivity index (χ3n) is 8.30. The lowest BCUT2D eigenvalue weighted by Gasteiger charge is -2.42. The van der Waals surface area contributed by atoms with Gasteiger partial charge >= 0.3 is 12.1 Å². The Balaban J connectivity index is 1.23. The number of fused-ring (bicyclic) bond motifs is 3. The van der Waals surface area contributed by atoms with Crippen molar-refractivity contribution < 1.29 is 24.2 Å². The van der Waals surface area contributed by atoms with Crippen molar-refractivity contribution in [3.8, 4) is 11.1 Å². The molecule has 0 unspecified atom stereocenters. The number of ether oxygens (including phenoxy) is 1. The summed E-state index contributed by atoms with van der Waals surface area (Å²) < 4.78 is 5.93. The van der Waals surface area contributed by atoms with Gasteiger partial charge in [0.15, 0.2) is 0 Å². The fourth-order valence-electron chi connectivity index (χ4n) is 6.21. The Labute approximate surface area is 245 Å². The summed E-state index contributed by atoms with van der Waals surface area (Å²) in [5.41, 5.74) is 6.20. The number of aliphatic carboxylic acids is 1. The van der Waals surface area contributed by atoms with E-state index in [1.54, 1.807) is 0 Å². The lowest BCUT2D eigenvalue weighted by atomic mass is 9.97. The van der Waals surface area contributed by atoms with E-state index in [4.69, 9.17) is 4.74 Å². The molecule has 2 amide bonds. The quantitative estimate of drug-likeness (QED) is 0.312. The van der Waals surface area contributed by atoms with E-state index in [2.05, 4.69) is 24.3 Å². The van der Waals surface area contributed by atoms with Crippen molar-refractivity contribution in [2.24, 2.45) is 0 Å². The largest absolute Gasteiger partial charge is 0.480 e. The van der Waals surface area contributed by atoms with E-state index in [9.17, 15) is 19.5 Å². The molecule has 0 aromatic heterocycles. The Morgan fingerprint density at radius 1 is 0.762 bits per heavy atom. The summed E-state index contributed by atoms with van der Waals surface area (Å²) in [7, 11) is 0. The maximum absolute atomic E-state index is 14.0. The van der Waals surface area contributed by atoms with Crippen LogP contribution < -0.4 is 0 Å². The molecular formula is C35H32N2O5. The number of carbonyl (C=O) groups excluding carboxylic acids is 2. The van der Waals surface area contributed by atoms with Crippen LogP contribution in [0, 0.1) is 0 Å². The van der Waals surface area contributed by atoms with Gasteiger partial charge in [-0.05, 0) is 33.4 Å². The van der Waals surface area contributed by atoms with Crippen LogP contribution in [0.25, 0.3) is 11.1 Å². The molecule has 1 saturated heterocycles. The van der Waals surface area contributed by atoms with Crippen molar-refractivity contribution in [3.05, 3.63) is 131 Å². The van der Waals surface area contributed by atoms with Gasteiger partial charge in [-0.25, -0.2) is 9.59 Å². The molecule has 1 N–H and O–H groups in total. The maximum atomic E-state index is 14.0. The van der Waals surface area contributed by atoms with Crippen molar-refractivity contribution in [1.82, 2.24) is 9.80 Å². The molecule has 0 radical (unpaired) electrons. The van der Waals surface area contributed by atoms with Gasteiger partial charge in [-0.3, -0.25) is 9.69 Å². The first-order valence-electron chi connectivity index (χ1n) is 14.2. The van der Waals surface area contributed by atoms with Crippen LogP contribution in [-0.4, -0.2) is 64.7 Å². The summed E-state index contributed by atoms with van der Waals surface area (Å²) in [6.45, 7) is 0.432. The molecule has 1 heterocycles. The van der Waals surface area contributed by atoms with Gasteiger partial charge in [-0.15, -0.1) is 0 Å². The molecule has 212 valence electrons. The van der Waals surface area contributed by atoms with E-state index in [0.717, 1.165) is 33.4 Å². The van der Waals surface area contributed by atoms with Crippen LogP contribution in [0.5, 0.6) is 0 Å². The van der Waals surface area contributed by atoms with E-state index in [1.165, 1.54) is 9.80 Å². The van der Waals surface area contributed by atoms with Crippen LogP contribution in [-0.2, 0) is 27.2 Å². The van der Waals surface area contributed by atoms with Gasteiger partial charge in [-0.2, -0.15) is 0 Å². The minimum Gasteiger partial charge on any atom is -0.480 e. The highest BCUT2D eigenvalue weighted by atomic mass is 16.6. The average molecular weight is 561 g/mol. The number of hydrogen-bond acceptors (Lipinski definition) is 4. The molecule has 4 aromatic carbocycles. The molecule has 6 rings (SSSR count). The highest BCUT2D eigenvalue weighted by Crippen LogP contribution is 2.44. The highest BCUT2D eigenvalue weighted by Gasteiger charge is 2.43. The summed E-state index contributed by atoms with van der Waals surface area (Å²) in [5.74, 6) is -1.56. The molecular weight excluding hydrogens is 528 g/mol. The minimum atomic E-state index is -1.07. The molecule has 7 nitrogen and oxygen atoms in total. The van der Waals surface area contributed by atoms with Gasteiger partial charge in [0.2, 0.25) is 5.91 Å². The highest BCUT2D eigenvalue weighted by molar-refractivity contribution is 5.91. The van der Waals surface area contributed by atoms with Crippen LogP contribution in [0.4, 0.5) is 4.79 Å². The van der Waals surface area contributed by atoms with Crippen molar-refractivity contribution in [3.63, 3.8) is 0 Å². The molecule has 2 atom stereocenters. The predicted molar refractivity (Wildman–Crippen MR) is 159 cm³/mol. The van der Waals surface area contributed by atoms with Crippen LogP contribution in [0.3, 0.4) is 0 Å². The Bertz CT molecular complexity index is 1540. The van der Waals surface area contributed by atoms with E-state index in [-0.39, 0.29) is 44.4 Å². The predicted octanol–water partition coefficient (Wildman–Crippen LogP) is 5.39. The van der Waals surface area contributed by atoms with Crippen LogP contribution in [0.2, 0.25) is 0 Å². The van der Waals surface area contributed by atoms with E-state index in [1.807, 2.05) is 84.9 Å². The van der Waals surface area contributed by atoms with Crippen molar-refractivity contribution in [2.75, 3.05) is 19.7 Å². The number of carboxylic acid groups (broad SMARTS) is 1. The number of piperazine rings is 1. The molecule has 0 spiro atoms.